The van der Waals surface area contributed by atoms with E-state index in [-0.39, 0.29) is 12.5 Å². The molecule has 2 aromatic rings. The molecule has 0 saturated carbocycles. The number of aliphatic hydroxyl groups excluding tert-OH is 1. The lowest BCUT2D eigenvalue weighted by molar-refractivity contribution is 0.102. The summed E-state index contributed by atoms with van der Waals surface area (Å²) < 4.78 is 6.69. The molecule has 1 aromatic heterocycles. The van der Waals surface area contributed by atoms with Gasteiger partial charge in [0.05, 0.1) is 31.5 Å². The maximum atomic E-state index is 12.4. The number of halogens is 1. The Kier molecular flexibility index (Phi) is 4.82. The van der Waals surface area contributed by atoms with E-state index in [0.29, 0.717) is 28.7 Å². The van der Waals surface area contributed by atoms with Gasteiger partial charge in [-0.2, -0.15) is 5.10 Å². The number of anilines is 1. The molecule has 0 atom stereocenters. The average Bonchev–Trinajstić information content (AvgIpc) is 2.79. The molecule has 0 aliphatic heterocycles. The second-order valence-corrected chi connectivity index (χ2v) is 4.85. The minimum atomic E-state index is -0.353. The smallest absolute Gasteiger partial charge is 0.260 e. The van der Waals surface area contributed by atoms with Gasteiger partial charge in [-0.15, -0.1) is 0 Å². The van der Waals surface area contributed by atoms with Crippen molar-refractivity contribution in [1.82, 2.24) is 9.78 Å². The predicted octanol–water partition coefficient (Wildman–Crippen LogP) is 2.10. The Labute approximate surface area is 127 Å². The summed E-state index contributed by atoms with van der Waals surface area (Å²) in [7, 11) is 1.49. The molecule has 0 bridgehead atoms. The van der Waals surface area contributed by atoms with Gasteiger partial charge in [-0.25, -0.2) is 4.68 Å². The van der Waals surface area contributed by atoms with Crippen molar-refractivity contribution in [2.45, 2.75) is 13.5 Å². The average molecular weight is 310 g/mol. The molecule has 2 N–H and O–H groups in total. The third-order valence-electron chi connectivity index (χ3n) is 2.86. The Morgan fingerprint density at radius 1 is 1.48 bits per heavy atom. The molecule has 1 heterocycles. The number of aromatic nitrogens is 2. The lowest BCUT2D eigenvalue weighted by Gasteiger charge is -2.10. The topological polar surface area (TPSA) is 76.4 Å². The van der Waals surface area contributed by atoms with Gasteiger partial charge >= 0.3 is 0 Å². The SMILES string of the molecule is COc1ccc(Cl)cc1C(=O)Nc1cc(C)nn1CCO. The molecule has 0 aliphatic carbocycles. The highest BCUT2D eigenvalue weighted by atomic mass is 35.5. The fourth-order valence-corrected chi connectivity index (χ4v) is 2.12. The second-order valence-electron chi connectivity index (χ2n) is 4.42. The van der Waals surface area contributed by atoms with Crippen LogP contribution in [0.3, 0.4) is 0 Å². The molecule has 0 radical (unpaired) electrons. The molecule has 21 heavy (non-hydrogen) atoms. The molecule has 2 rings (SSSR count). The normalized spacial score (nSPS) is 10.5. The van der Waals surface area contributed by atoms with Crippen molar-refractivity contribution >= 4 is 23.3 Å². The predicted molar refractivity (Wildman–Crippen MR) is 80.0 cm³/mol. The summed E-state index contributed by atoms with van der Waals surface area (Å²) in [6, 6.07) is 6.55. The summed E-state index contributed by atoms with van der Waals surface area (Å²) in [6.07, 6.45) is 0. The van der Waals surface area contributed by atoms with E-state index in [0.717, 1.165) is 5.69 Å². The quantitative estimate of drug-likeness (QED) is 0.887. The Bertz CT molecular complexity index is 655. The van der Waals surface area contributed by atoms with Crippen LogP contribution in [-0.2, 0) is 6.54 Å². The number of aliphatic hydroxyl groups is 1. The second kappa shape index (κ2) is 6.60. The van der Waals surface area contributed by atoms with Gasteiger partial charge in [0.25, 0.3) is 5.91 Å². The first-order valence-electron chi connectivity index (χ1n) is 6.35. The van der Waals surface area contributed by atoms with E-state index in [9.17, 15) is 4.79 Å². The summed E-state index contributed by atoms with van der Waals surface area (Å²) in [5.74, 6) is 0.587. The van der Waals surface area contributed by atoms with Crippen molar-refractivity contribution in [3.63, 3.8) is 0 Å². The van der Waals surface area contributed by atoms with Gasteiger partial charge in [-0.3, -0.25) is 4.79 Å². The van der Waals surface area contributed by atoms with Crippen LogP contribution in [0.2, 0.25) is 5.02 Å². The minimum absolute atomic E-state index is 0.0650. The third-order valence-corrected chi connectivity index (χ3v) is 3.10. The number of carbonyl (C=O) groups is 1. The molecular weight excluding hydrogens is 294 g/mol. The monoisotopic (exact) mass is 309 g/mol. The largest absolute Gasteiger partial charge is 0.496 e. The molecule has 0 unspecified atom stereocenters. The maximum Gasteiger partial charge on any atom is 0.260 e. The van der Waals surface area contributed by atoms with Crippen LogP contribution < -0.4 is 10.1 Å². The molecule has 6 nitrogen and oxygen atoms in total. The molecule has 1 aromatic carbocycles. The number of benzene rings is 1. The molecule has 112 valence electrons. The molecular formula is C14H16ClN3O3. The molecule has 0 fully saturated rings. The summed E-state index contributed by atoms with van der Waals surface area (Å²) >= 11 is 5.92. The zero-order valence-electron chi connectivity index (χ0n) is 11.8. The Balaban J connectivity index is 2.28. The van der Waals surface area contributed by atoms with Crippen molar-refractivity contribution in [1.29, 1.82) is 0 Å². The maximum absolute atomic E-state index is 12.4. The van der Waals surface area contributed by atoms with Gasteiger partial charge in [0.1, 0.15) is 11.6 Å². The highest BCUT2D eigenvalue weighted by Gasteiger charge is 2.15. The number of rotatable bonds is 5. The van der Waals surface area contributed by atoms with Crippen LogP contribution in [0.15, 0.2) is 24.3 Å². The molecule has 0 aliphatic rings. The van der Waals surface area contributed by atoms with Gasteiger partial charge < -0.3 is 15.2 Å². The van der Waals surface area contributed by atoms with Crippen LogP contribution in [0, 0.1) is 6.92 Å². The van der Waals surface area contributed by atoms with Crippen molar-refractivity contribution in [2.75, 3.05) is 19.0 Å². The number of methoxy groups -OCH3 is 1. The van der Waals surface area contributed by atoms with Crippen LogP contribution in [-0.4, -0.2) is 34.5 Å². The van der Waals surface area contributed by atoms with E-state index >= 15 is 0 Å². The summed E-state index contributed by atoms with van der Waals surface area (Å²) in [5.41, 5.74) is 1.08. The first kappa shape index (κ1) is 15.3. The van der Waals surface area contributed by atoms with Crippen molar-refractivity contribution in [3.05, 3.63) is 40.5 Å². The number of ether oxygens (including phenoxy) is 1. The highest BCUT2D eigenvalue weighted by molar-refractivity contribution is 6.31. The first-order valence-corrected chi connectivity index (χ1v) is 6.73. The summed E-state index contributed by atoms with van der Waals surface area (Å²) in [5, 5.41) is 16.4. The van der Waals surface area contributed by atoms with Crippen LogP contribution >= 0.6 is 11.6 Å². The van der Waals surface area contributed by atoms with E-state index in [1.165, 1.54) is 17.9 Å². The minimum Gasteiger partial charge on any atom is -0.496 e. The van der Waals surface area contributed by atoms with Gasteiger partial charge in [-0.05, 0) is 25.1 Å². The fraction of sp³-hybridized carbons (Fsp3) is 0.286. The number of carbonyl (C=O) groups excluding carboxylic acids is 1. The van der Waals surface area contributed by atoms with Crippen molar-refractivity contribution in [3.8, 4) is 5.75 Å². The van der Waals surface area contributed by atoms with E-state index in [1.54, 1.807) is 18.2 Å². The molecule has 0 spiro atoms. The van der Waals surface area contributed by atoms with Crippen LogP contribution in [0.5, 0.6) is 5.75 Å². The molecule has 1 amide bonds. The van der Waals surface area contributed by atoms with E-state index in [1.807, 2.05) is 6.92 Å². The molecule has 0 saturated heterocycles. The number of amides is 1. The summed E-state index contributed by atoms with van der Waals surface area (Å²) in [6.45, 7) is 2.05. The fourth-order valence-electron chi connectivity index (χ4n) is 1.95. The van der Waals surface area contributed by atoms with Gasteiger partial charge in [0.15, 0.2) is 0 Å². The van der Waals surface area contributed by atoms with E-state index in [2.05, 4.69) is 10.4 Å². The third kappa shape index (κ3) is 3.53. The zero-order valence-corrected chi connectivity index (χ0v) is 12.5. The number of hydrogen-bond acceptors (Lipinski definition) is 4. The van der Waals surface area contributed by atoms with Crippen molar-refractivity contribution < 1.29 is 14.6 Å². The first-order chi connectivity index (χ1) is 10.0. The number of nitrogens with zero attached hydrogens (tertiary/aromatic N) is 2. The molecule has 7 heteroatoms. The van der Waals surface area contributed by atoms with Crippen LogP contribution in [0.4, 0.5) is 5.82 Å². The van der Waals surface area contributed by atoms with Crippen LogP contribution in [0.1, 0.15) is 16.1 Å². The highest BCUT2D eigenvalue weighted by Crippen LogP contribution is 2.24. The summed E-state index contributed by atoms with van der Waals surface area (Å²) in [4.78, 5) is 12.4. The van der Waals surface area contributed by atoms with E-state index in [4.69, 9.17) is 21.4 Å². The number of nitrogens with one attached hydrogen (secondary N) is 1. The van der Waals surface area contributed by atoms with Gasteiger partial charge in [-0.1, -0.05) is 11.6 Å². The standard InChI is InChI=1S/C14H16ClN3O3/c1-9-7-13(18(17-9)5-6-19)16-14(20)11-8-10(15)3-4-12(11)21-2/h3-4,7-8,19H,5-6H2,1-2H3,(H,16,20). The van der Waals surface area contributed by atoms with Gasteiger partial charge in [0.2, 0.25) is 0 Å². The van der Waals surface area contributed by atoms with Crippen molar-refractivity contribution in [2.24, 2.45) is 0 Å². The van der Waals surface area contributed by atoms with E-state index < -0.39 is 0 Å². The lowest BCUT2D eigenvalue weighted by atomic mass is 10.2. The zero-order chi connectivity index (χ0) is 15.4. The van der Waals surface area contributed by atoms with Gasteiger partial charge in [0, 0.05) is 11.1 Å². The van der Waals surface area contributed by atoms with Crippen LogP contribution in [0.25, 0.3) is 0 Å². The number of hydrogen-bond donors (Lipinski definition) is 2. The lowest BCUT2D eigenvalue weighted by Crippen LogP contribution is -2.17. The Hall–Kier alpha value is -2.05. The number of aryl methyl sites for hydroxylation is 1. The Morgan fingerprint density at radius 3 is 2.90 bits per heavy atom. The Morgan fingerprint density at radius 2 is 2.24 bits per heavy atom.